The second kappa shape index (κ2) is 10.5. The van der Waals surface area contributed by atoms with Crippen LogP contribution in [0.2, 0.25) is 0 Å². The molecule has 0 spiro atoms. The number of amides is 3. The van der Waals surface area contributed by atoms with Crippen LogP contribution in [0.5, 0.6) is 0 Å². The lowest BCUT2D eigenvalue weighted by Crippen LogP contribution is -2.74. The van der Waals surface area contributed by atoms with Crippen molar-refractivity contribution in [1.82, 2.24) is 35.8 Å². The number of H-pyrrole nitrogens is 1. The van der Waals surface area contributed by atoms with Crippen molar-refractivity contribution in [2.75, 3.05) is 24.7 Å². The van der Waals surface area contributed by atoms with Crippen LogP contribution in [0.25, 0.3) is 0 Å². The van der Waals surface area contributed by atoms with Crippen molar-refractivity contribution >= 4 is 59.2 Å². The van der Waals surface area contributed by atoms with Gasteiger partial charge in [0.05, 0.1) is 0 Å². The topological polar surface area (TPSA) is 205 Å². The molecular weight excluding hydrogens is 514 g/mol. The normalized spacial score (nSPS) is 24.2. The number of aromatic nitrogens is 5. The monoisotopic (exact) mass is 535 g/mol. The van der Waals surface area contributed by atoms with Gasteiger partial charge in [-0.25, -0.2) is 10.1 Å². The minimum Gasteiger partial charge on any atom is -0.481 e. The maximum absolute atomic E-state index is 13.0. The number of aromatic amines is 1. The highest BCUT2D eigenvalue weighted by atomic mass is 32.2. The number of oxime groups is 1. The number of pyridine rings is 1. The van der Waals surface area contributed by atoms with Crippen molar-refractivity contribution in [3.05, 3.63) is 23.9 Å². The maximum Gasteiger partial charge on any atom is 0.313 e. The molecule has 4 atom stereocenters. The van der Waals surface area contributed by atoms with Crippen molar-refractivity contribution in [2.24, 2.45) is 10.6 Å². The number of β-lactam (4-membered cyclic amide) rings is 1. The van der Waals surface area contributed by atoms with Gasteiger partial charge in [0.25, 0.3) is 5.91 Å². The van der Waals surface area contributed by atoms with Crippen LogP contribution in [-0.2, 0) is 24.0 Å². The number of thioether (sulfide) groups is 2. The molecule has 4 rings (SSSR count). The molecule has 190 valence electrons. The number of tetrazole rings is 1. The van der Waals surface area contributed by atoms with Gasteiger partial charge in [0, 0.05) is 29.3 Å². The summed E-state index contributed by atoms with van der Waals surface area (Å²) in [6.45, 7) is 1.73. The molecule has 0 radical (unpaired) electrons. The smallest absolute Gasteiger partial charge is 0.313 e. The van der Waals surface area contributed by atoms with Crippen LogP contribution >= 0.6 is 23.5 Å². The third-order valence-corrected chi connectivity index (χ3v) is 8.60. The third-order valence-electron chi connectivity index (χ3n) is 5.85. The fraction of sp³-hybridized carbons (Fsp3) is 0.421. The Labute approximate surface area is 212 Å². The summed E-state index contributed by atoms with van der Waals surface area (Å²) in [5.41, 5.74) is -1.05. The van der Waals surface area contributed by atoms with E-state index < -0.39 is 39.9 Å². The molecule has 3 unspecified atom stereocenters. The lowest BCUT2D eigenvalue weighted by atomic mass is 9.84. The Morgan fingerprint density at radius 2 is 2.31 bits per heavy atom. The number of carboxylic acids is 1. The van der Waals surface area contributed by atoms with Gasteiger partial charge in [-0.1, -0.05) is 23.8 Å². The van der Waals surface area contributed by atoms with Gasteiger partial charge in [0.15, 0.2) is 5.71 Å². The molecule has 0 aliphatic carbocycles. The number of rotatable bonds is 10. The van der Waals surface area contributed by atoms with Crippen LogP contribution in [0.4, 0.5) is 5.82 Å². The Kier molecular flexibility index (Phi) is 7.39. The first-order valence-electron chi connectivity index (χ1n) is 10.4. The number of carbonyl (C=O) groups excluding carboxylic acids is 3. The van der Waals surface area contributed by atoms with Crippen LogP contribution in [0.1, 0.15) is 12.5 Å². The van der Waals surface area contributed by atoms with Crippen LogP contribution < -0.4 is 10.6 Å². The van der Waals surface area contributed by atoms with E-state index in [1.165, 1.54) is 53.9 Å². The molecule has 2 aromatic heterocycles. The Morgan fingerprint density at radius 3 is 2.97 bits per heavy atom. The Morgan fingerprint density at radius 1 is 1.50 bits per heavy atom. The van der Waals surface area contributed by atoms with E-state index in [1.54, 1.807) is 6.92 Å². The van der Waals surface area contributed by atoms with Crippen molar-refractivity contribution in [3.8, 4) is 0 Å². The number of nitrogens with zero attached hydrogens (tertiary/aromatic N) is 6. The minimum atomic E-state index is -1.25. The molecule has 4 N–H and O–H groups in total. The number of fused-ring (bicyclic) bond motifs is 1. The number of aliphatic carboxylic acids is 1. The van der Waals surface area contributed by atoms with Crippen molar-refractivity contribution < 1.29 is 29.1 Å². The number of hydrogen-bond acceptors (Lipinski definition) is 12. The first kappa shape index (κ1) is 25.4. The summed E-state index contributed by atoms with van der Waals surface area (Å²) in [6.07, 6.45) is 1.83. The molecule has 36 heavy (non-hydrogen) atoms. The van der Waals surface area contributed by atoms with Gasteiger partial charge < -0.3 is 25.5 Å². The highest BCUT2D eigenvalue weighted by Gasteiger charge is 2.59. The van der Waals surface area contributed by atoms with Crippen LogP contribution in [0, 0.1) is 5.41 Å². The maximum atomic E-state index is 13.0. The van der Waals surface area contributed by atoms with Gasteiger partial charge in [0.1, 0.15) is 29.8 Å². The van der Waals surface area contributed by atoms with Gasteiger partial charge >= 0.3 is 5.97 Å². The van der Waals surface area contributed by atoms with Crippen LogP contribution in [0.3, 0.4) is 0 Å². The summed E-state index contributed by atoms with van der Waals surface area (Å²) in [5, 5.41) is 31.8. The van der Waals surface area contributed by atoms with Gasteiger partial charge in [0.2, 0.25) is 17.5 Å². The highest BCUT2D eigenvalue weighted by Crippen LogP contribution is 2.47. The average molecular weight is 536 g/mol. The summed E-state index contributed by atoms with van der Waals surface area (Å²) in [4.78, 5) is 59.2. The van der Waals surface area contributed by atoms with E-state index >= 15 is 0 Å². The van der Waals surface area contributed by atoms with E-state index in [2.05, 4.69) is 41.4 Å². The minimum absolute atomic E-state index is 0.0228. The Bertz CT molecular complexity index is 1200. The fourth-order valence-corrected chi connectivity index (χ4v) is 6.64. The van der Waals surface area contributed by atoms with Crippen molar-refractivity contribution in [3.63, 3.8) is 0 Å². The zero-order chi connectivity index (χ0) is 25.9. The number of carboxylic acid groups (broad SMARTS) is 1. The Hall–Kier alpha value is -3.73. The zero-order valence-electron chi connectivity index (χ0n) is 18.9. The molecule has 2 aromatic rings. The number of hydrogen-bond donors (Lipinski definition) is 4. The largest absolute Gasteiger partial charge is 0.481 e. The molecule has 3 amide bonds. The lowest BCUT2D eigenvalue weighted by Gasteiger charge is -2.54. The zero-order valence-corrected chi connectivity index (χ0v) is 20.6. The predicted molar refractivity (Wildman–Crippen MR) is 127 cm³/mol. The van der Waals surface area contributed by atoms with E-state index in [9.17, 15) is 24.3 Å². The van der Waals surface area contributed by atoms with Gasteiger partial charge in [-0.3, -0.25) is 19.2 Å². The molecule has 0 bridgehead atoms. The van der Waals surface area contributed by atoms with Crippen molar-refractivity contribution in [1.29, 1.82) is 0 Å². The molecule has 2 saturated heterocycles. The molecular formula is C19H21N9O6S2. The van der Waals surface area contributed by atoms with Gasteiger partial charge in [-0.05, 0) is 22.6 Å². The summed E-state index contributed by atoms with van der Waals surface area (Å²) < 4.78 is 0. The second-order valence-electron chi connectivity index (χ2n) is 7.86. The van der Waals surface area contributed by atoms with Gasteiger partial charge in [-0.2, -0.15) is 0 Å². The van der Waals surface area contributed by atoms with Crippen molar-refractivity contribution in [2.45, 2.75) is 28.7 Å². The SMILES string of the molecule is CON=C(C(=O)NC1C(=O)N2CC(C(=O)O)(C(C)Sc3nnn[nH]3)CS[C@H]12)c1ccnc(NC=O)c1. The van der Waals surface area contributed by atoms with Crippen LogP contribution in [-0.4, -0.2) is 102 Å². The molecule has 2 fully saturated rings. The fourth-order valence-electron chi connectivity index (χ4n) is 3.87. The summed E-state index contributed by atoms with van der Waals surface area (Å²) in [7, 11) is 1.27. The van der Waals surface area contributed by atoms with E-state index in [-0.39, 0.29) is 23.8 Å². The number of nitrogens with one attached hydrogen (secondary N) is 3. The average Bonchev–Trinajstić information content (AvgIpc) is 3.38. The molecule has 15 nitrogen and oxygen atoms in total. The third kappa shape index (κ3) is 4.70. The molecule has 0 aromatic carbocycles. The lowest BCUT2D eigenvalue weighted by molar-refractivity contribution is -0.158. The number of anilines is 1. The number of carbonyl (C=O) groups is 4. The van der Waals surface area contributed by atoms with Crippen LogP contribution in [0.15, 0.2) is 28.6 Å². The highest BCUT2D eigenvalue weighted by molar-refractivity contribution is 8.01. The molecule has 2 aliphatic rings. The van der Waals surface area contributed by atoms with Gasteiger partial charge in [-0.15, -0.1) is 16.9 Å². The van der Waals surface area contributed by atoms with E-state index in [1.807, 2.05) is 0 Å². The first-order valence-corrected chi connectivity index (χ1v) is 12.4. The van der Waals surface area contributed by atoms with E-state index in [0.717, 1.165) is 0 Å². The Balaban J connectivity index is 1.46. The predicted octanol–water partition coefficient (Wildman–Crippen LogP) is -0.835. The molecule has 4 heterocycles. The summed E-state index contributed by atoms with van der Waals surface area (Å²) in [5.74, 6) is -1.70. The van der Waals surface area contributed by atoms with E-state index in [0.29, 0.717) is 17.1 Å². The summed E-state index contributed by atoms with van der Waals surface area (Å²) >= 11 is 2.46. The quantitative estimate of drug-likeness (QED) is 0.0967. The molecule has 2 aliphatic heterocycles. The molecule has 0 saturated carbocycles. The van der Waals surface area contributed by atoms with E-state index in [4.69, 9.17) is 4.84 Å². The summed E-state index contributed by atoms with van der Waals surface area (Å²) in [6, 6.07) is 2.06. The first-order chi connectivity index (χ1) is 17.3. The molecule has 17 heteroatoms. The second-order valence-corrected chi connectivity index (χ2v) is 10.3. The standard InChI is InChI=1S/C19H21N9O6S2/c1-9(36-18-23-26-27-24-18)19(17(32)33)6-28-15(31)13(16(28)35-7-19)22-14(30)12(25-34-2)10-3-4-20-11(5-10)21-8-29/h3-5,8-9,13,16H,6-7H2,1-2H3,(H,22,30)(H,32,33)(H,20,21,29)(H,23,24,26,27)/t9?,13?,16-,19?/m1/s1.